The van der Waals surface area contributed by atoms with Crippen LogP contribution in [0.4, 0.5) is 0 Å². The Labute approximate surface area is 109 Å². The van der Waals surface area contributed by atoms with E-state index in [-0.39, 0.29) is 0 Å². The molecule has 17 heavy (non-hydrogen) atoms. The molecule has 0 aromatic carbocycles. The number of nitrogens with two attached hydrogens (primary N) is 1. The van der Waals surface area contributed by atoms with E-state index in [9.17, 15) is 0 Å². The second-order valence-corrected chi connectivity index (χ2v) is 4.64. The number of pyridine rings is 1. The van der Waals surface area contributed by atoms with E-state index in [1.165, 1.54) is 11.3 Å². The summed E-state index contributed by atoms with van der Waals surface area (Å²) in [7, 11) is 2.00. The zero-order valence-corrected chi connectivity index (χ0v) is 11.3. The molecule has 0 bridgehead atoms. The summed E-state index contributed by atoms with van der Waals surface area (Å²) in [5, 5.41) is 0. The zero-order chi connectivity index (χ0) is 12.3. The summed E-state index contributed by atoms with van der Waals surface area (Å²) in [6, 6.07) is 4.07. The molecular weight excluding hydrogens is 280 g/mol. The molecule has 0 amide bonds. The van der Waals surface area contributed by atoms with Gasteiger partial charge >= 0.3 is 0 Å². The second-order valence-electron chi connectivity index (χ2n) is 3.88. The number of aromatic nitrogens is 3. The highest BCUT2D eigenvalue weighted by molar-refractivity contribution is 9.10. The molecule has 0 aliphatic rings. The fourth-order valence-electron chi connectivity index (χ4n) is 1.81. The smallest absolute Gasteiger partial charge is 0.127 e. The highest BCUT2D eigenvalue weighted by atomic mass is 79.9. The first-order valence-electron chi connectivity index (χ1n) is 5.51. The first-order valence-corrected chi connectivity index (χ1v) is 6.30. The highest BCUT2D eigenvalue weighted by Gasteiger charge is 2.11. The number of nitrogens with zero attached hydrogens (tertiary/aromatic N) is 3. The molecule has 0 saturated heterocycles. The van der Waals surface area contributed by atoms with Crippen LogP contribution >= 0.6 is 15.9 Å². The lowest BCUT2D eigenvalue weighted by Crippen LogP contribution is -2.07. The van der Waals surface area contributed by atoms with Gasteiger partial charge in [-0.05, 0) is 46.5 Å². The molecule has 2 aromatic rings. The summed E-state index contributed by atoms with van der Waals surface area (Å²) < 4.78 is 2.96. The van der Waals surface area contributed by atoms with Crippen LogP contribution in [-0.2, 0) is 26.4 Å². The predicted octanol–water partition coefficient (Wildman–Crippen LogP) is 1.82. The fraction of sp³-hybridized carbons (Fsp3) is 0.333. The quantitative estimate of drug-likeness (QED) is 0.936. The van der Waals surface area contributed by atoms with Crippen LogP contribution in [0.15, 0.2) is 29.1 Å². The van der Waals surface area contributed by atoms with E-state index in [1.807, 2.05) is 31.6 Å². The Morgan fingerprint density at radius 3 is 2.59 bits per heavy atom. The van der Waals surface area contributed by atoms with Crippen molar-refractivity contribution in [3.05, 3.63) is 46.2 Å². The molecule has 0 radical (unpaired) electrons. The van der Waals surface area contributed by atoms with E-state index in [2.05, 4.69) is 30.5 Å². The van der Waals surface area contributed by atoms with E-state index in [1.54, 1.807) is 0 Å². The molecule has 5 heteroatoms. The van der Waals surface area contributed by atoms with Gasteiger partial charge in [0.1, 0.15) is 10.4 Å². The van der Waals surface area contributed by atoms with E-state index in [4.69, 9.17) is 5.73 Å². The summed E-state index contributed by atoms with van der Waals surface area (Å²) in [6.07, 6.45) is 5.55. The highest BCUT2D eigenvalue weighted by Crippen LogP contribution is 2.18. The van der Waals surface area contributed by atoms with Crippen molar-refractivity contribution >= 4 is 15.9 Å². The number of hydrogen-bond donors (Lipinski definition) is 1. The maximum atomic E-state index is 5.63. The van der Waals surface area contributed by atoms with Crippen LogP contribution in [0, 0.1) is 0 Å². The van der Waals surface area contributed by atoms with Crippen molar-refractivity contribution in [1.29, 1.82) is 0 Å². The van der Waals surface area contributed by atoms with Gasteiger partial charge in [-0.2, -0.15) is 0 Å². The third-order valence-corrected chi connectivity index (χ3v) is 3.47. The van der Waals surface area contributed by atoms with Crippen LogP contribution in [-0.4, -0.2) is 14.5 Å². The lowest BCUT2D eigenvalue weighted by atomic mass is 10.1. The Morgan fingerprint density at radius 1 is 1.29 bits per heavy atom. The summed E-state index contributed by atoms with van der Waals surface area (Å²) >= 11 is 3.48. The Bertz CT molecular complexity index is 493. The van der Waals surface area contributed by atoms with Crippen molar-refractivity contribution in [3.8, 4) is 0 Å². The van der Waals surface area contributed by atoms with Crippen LogP contribution in [0.5, 0.6) is 0 Å². The number of aryl methyl sites for hydroxylation is 1. The molecule has 2 rings (SSSR count). The molecule has 0 spiro atoms. The summed E-state index contributed by atoms with van der Waals surface area (Å²) in [5.74, 6) is 0.904. The minimum atomic E-state index is 0.463. The molecule has 90 valence electrons. The van der Waals surface area contributed by atoms with Gasteiger partial charge in [0.2, 0.25) is 0 Å². The topological polar surface area (TPSA) is 56.7 Å². The zero-order valence-electron chi connectivity index (χ0n) is 9.73. The first kappa shape index (κ1) is 12.3. The molecule has 0 aliphatic carbocycles. The Balaban J connectivity index is 2.12. The van der Waals surface area contributed by atoms with Gasteiger partial charge in [-0.25, -0.2) is 4.98 Å². The SMILES string of the molecule is Cn1c(CN)nc(Br)c1CCc1ccncc1. The molecular formula is C12H15BrN4. The molecule has 4 nitrogen and oxygen atoms in total. The number of rotatable bonds is 4. The Kier molecular flexibility index (Phi) is 3.91. The van der Waals surface area contributed by atoms with E-state index in [0.717, 1.165) is 23.3 Å². The lowest BCUT2D eigenvalue weighted by Gasteiger charge is -2.05. The van der Waals surface area contributed by atoms with Gasteiger partial charge in [-0.3, -0.25) is 4.98 Å². The van der Waals surface area contributed by atoms with Crippen molar-refractivity contribution in [2.24, 2.45) is 12.8 Å². The molecule has 0 atom stereocenters. The van der Waals surface area contributed by atoms with E-state index in [0.29, 0.717) is 6.54 Å². The normalized spacial score (nSPS) is 10.8. The third kappa shape index (κ3) is 2.73. The summed E-state index contributed by atoms with van der Waals surface area (Å²) in [6.45, 7) is 0.463. The van der Waals surface area contributed by atoms with Crippen LogP contribution in [0.3, 0.4) is 0 Å². The van der Waals surface area contributed by atoms with Crippen LogP contribution in [0.25, 0.3) is 0 Å². The van der Waals surface area contributed by atoms with Crippen LogP contribution < -0.4 is 5.73 Å². The van der Waals surface area contributed by atoms with Gasteiger partial charge in [0.05, 0.1) is 12.2 Å². The second kappa shape index (κ2) is 5.42. The number of imidazole rings is 1. The van der Waals surface area contributed by atoms with E-state index >= 15 is 0 Å². The van der Waals surface area contributed by atoms with Gasteiger partial charge in [0.25, 0.3) is 0 Å². The van der Waals surface area contributed by atoms with Gasteiger partial charge in [0, 0.05) is 19.4 Å². The minimum absolute atomic E-state index is 0.463. The van der Waals surface area contributed by atoms with Crippen LogP contribution in [0.2, 0.25) is 0 Å². The van der Waals surface area contributed by atoms with Gasteiger partial charge in [-0.1, -0.05) is 0 Å². The molecule has 2 aromatic heterocycles. The van der Waals surface area contributed by atoms with Crippen molar-refractivity contribution in [3.63, 3.8) is 0 Å². The van der Waals surface area contributed by atoms with Gasteiger partial charge < -0.3 is 10.3 Å². The van der Waals surface area contributed by atoms with Gasteiger partial charge in [0.15, 0.2) is 0 Å². The molecule has 2 N–H and O–H groups in total. The molecule has 0 unspecified atom stereocenters. The molecule has 2 heterocycles. The standard InChI is InChI=1S/C12H15BrN4/c1-17-10(12(13)16-11(17)8-14)3-2-9-4-6-15-7-5-9/h4-7H,2-3,8,14H2,1H3. The monoisotopic (exact) mass is 294 g/mol. The molecule has 0 aliphatic heterocycles. The predicted molar refractivity (Wildman–Crippen MR) is 70.4 cm³/mol. The fourth-order valence-corrected chi connectivity index (χ4v) is 2.48. The maximum absolute atomic E-state index is 5.63. The lowest BCUT2D eigenvalue weighted by molar-refractivity contribution is 0.739. The number of hydrogen-bond acceptors (Lipinski definition) is 3. The average molecular weight is 295 g/mol. The largest absolute Gasteiger partial charge is 0.333 e. The first-order chi connectivity index (χ1) is 8.22. The van der Waals surface area contributed by atoms with Crippen LogP contribution in [0.1, 0.15) is 17.1 Å². The number of halogens is 1. The van der Waals surface area contributed by atoms with Crippen molar-refractivity contribution in [2.45, 2.75) is 19.4 Å². The Morgan fingerprint density at radius 2 is 2.00 bits per heavy atom. The Hall–Kier alpha value is -1.20. The minimum Gasteiger partial charge on any atom is -0.333 e. The molecule has 0 fully saturated rings. The van der Waals surface area contributed by atoms with Crippen molar-refractivity contribution < 1.29 is 0 Å². The maximum Gasteiger partial charge on any atom is 0.127 e. The van der Waals surface area contributed by atoms with Crippen molar-refractivity contribution in [1.82, 2.24) is 14.5 Å². The van der Waals surface area contributed by atoms with Gasteiger partial charge in [-0.15, -0.1) is 0 Å². The average Bonchev–Trinajstić information content (AvgIpc) is 2.63. The van der Waals surface area contributed by atoms with Crippen molar-refractivity contribution in [2.75, 3.05) is 0 Å². The molecule has 0 saturated carbocycles. The third-order valence-electron chi connectivity index (χ3n) is 2.84. The summed E-state index contributed by atoms with van der Waals surface area (Å²) in [4.78, 5) is 8.39. The summed E-state index contributed by atoms with van der Waals surface area (Å²) in [5.41, 5.74) is 8.09. The van der Waals surface area contributed by atoms with E-state index < -0.39 is 0 Å².